The van der Waals surface area contributed by atoms with Crippen LogP contribution >= 0.6 is 0 Å². The second kappa shape index (κ2) is 9.87. The first-order valence-electron chi connectivity index (χ1n) is 7.46. The highest BCUT2D eigenvalue weighted by molar-refractivity contribution is 5.75. The third kappa shape index (κ3) is 6.30. The van der Waals surface area contributed by atoms with Crippen LogP contribution in [0.4, 0.5) is 4.79 Å². The molecular formula is C18H23ClN3O-. The normalized spacial score (nSPS) is 10.3. The van der Waals surface area contributed by atoms with Crippen molar-refractivity contribution in [3.05, 3.63) is 71.8 Å². The summed E-state index contributed by atoms with van der Waals surface area (Å²) >= 11 is 0. The van der Waals surface area contributed by atoms with Crippen molar-refractivity contribution in [2.75, 3.05) is 27.2 Å². The summed E-state index contributed by atoms with van der Waals surface area (Å²) in [5.41, 5.74) is 2.13. The van der Waals surface area contributed by atoms with Gasteiger partial charge in [-0.3, -0.25) is 0 Å². The number of urea groups is 1. The maximum Gasteiger partial charge on any atom is 0.315 e. The number of hydrogen-bond acceptors (Lipinski definition) is 2. The van der Waals surface area contributed by atoms with E-state index in [2.05, 4.69) is 10.6 Å². The number of benzene rings is 2. The van der Waals surface area contributed by atoms with E-state index >= 15 is 0 Å². The summed E-state index contributed by atoms with van der Waals surface area (Å²) in [4.78, 5) is 14.2. The first kappa shape index (κ1) is 19.0. The molecule has 0 atom stereocenters. The molecule has 4 nitrogen and oxygen atoms in total. The van der Waals surface area contributed by atoms with Crippen molar-refractivity contribution in [1.82, 2.24) is 15.5 Å². The number of likely N-dealkylation sites (N-methyl/N-ethyl adjacent to an activating group) is 1. The number of amides is 2. The molecule has 23 heavy (non-hydrogen) atoms. The molecule has 2 aromatic rings. The molecule has 0 aliphatic carbocycles. The van der Waals surface area contributed by atoms with Gasteiger partial charge in [-0.15, -0.1) is 0 Å². The molecule has 0 radical (unpaired) electrons. The largest absolute Gasteiger partial charge is 1.00 e. The van der Waals surface area contributed by atoms with Crippen molar-refractivity contribution in [3.8, 4) is 0 Å². The van der Waals surface area contributed by atoms with E-state index in [0.717, 1.165) is 17.7 Å². The van der Waals surface area contributed by atoms with Gasteiger partial charge in [0.15, 0.2) is 0 Å². The van der Waals surface area contributed by atoms with Gasteiger partial charge < -0.3 is 27.9 Å². The lowest BCUT2D eigenvalue weighted by molar-refractivity contribution is -0.00000804. The summed E-state index contributed by atoms with van der Waals surface area (Å²) in [6, 6.07) is 19.7. The van der Waals surface area contributed by atoms with Gasteiger partial charge in [-0.25, -0.2) is 4.79 Å². The molecule has 0 aliphatic rings. The van der Waals surface area contributed by atoms with Gasteiger partial charge in [0.25, 0.3) is 0 Å². The van der Waals surface area contributed by atoms with Crippen molar-refractivity contribution in [2.45, 2.75) is 6.04 Å². The van der Waals surface area contributed by atoms with Crippen LogP contribution in [-0.4, -0.2) is 38.1 Å². The number of rotatable bonds is 6. The number of nitrogens with one attached hydrogen (secondary N) is 2. The van der Waals surface area contributed by atoms with Crippen LogP contribution in [0.1, 0.15) is 17.2 Å². The fourth-order valence-corrected chi connectivity index (χ4v) is 2.23. The first-order valence-corrected chi connectivity index (χ1v) is 7.46. The zero-order valence-electron chi connectivity index (χ0n) is 13.5. The predicted molar refractivity (Wildman–Crippen MR) is 89.8 cm³/mol. The lowest BCUT2D eigenvalue weighted by Gasteiger charge is -2.20. The average Bonchev–Trinajstić information content (AvgIpc) is 2.54. The zero-order chi connectivity index (χ0) is 15.8. The minimum absolute atomic E-state index is 0. The van der Waals surface area contributed by atoms with Crippen molar-refractivity contribution in [1.29, 1.82) is 0 Å². The Kier molecular flexibility index (Phi) is 8.16. The number of halogens is 1. The Morgan fingerprint density at radius 2 is 1.43 bits per heavy atom. The summed E-state index contributed by atoms with van der Waals surface area (Å²) in [6.07, 6.45) is 0. The molecule has 0 saturated carbocycles. The molecule has 2 rings (SSSR count). The molecule has 0 aliphatic heterocycles. The molecule has 0 spiro atoms. The lowest BCUT2D eigenvalue weighted by Crippen LogP contribution is -3.00. The van der Waals surface area contributed by atoms with Crippen LogP contribution in [0, 0.1) is 0 Å². The summed E-state index contributed by atoms with van der Waals surface area (Å²) < 4.78 is 0. The summed E-state index contributed by atoms with van der Waals surface area (Å²) in [7, 11) is 3.96. The molecule has 0 heterocycles. The van der Waals surface area contributed by atoms with Crippen LogP contribution in [0.2, 0.25) is 0 Å². The van der Waals surface area contributed by atoms with Crippen LogP contribution in [0.25, 0.3) is 0 Å². The van der Waals surface area contributed by atoms with E-state index in [-0.39, 0.29) is 24.5 Å². The van der Waals surface area contributed by atoms with Gasteiger partial charge in [0, 0.05) is 13.1 Å². The van der Waals surface area contributed by atoms with Crippen molar-refractivity contribution < 1.29 is 17.2 Å². The number of hydrogen-bond donors (Lipinski definition) is 2. The molecule has 2 aromatic carbocycles. The summed E-state index contributed by atoms with van der Waals surface area (Å²) in [5.74, 6) is 0. The predicted octanol–water partition coefficient (Wildman–Crippen LogP) is -0.359. The van der Waals surface area contributed by atoms with Crippen molar-refractivity contribution in [3.63, 3.8) is 0 Å². The van der Waals surface area contributed by atoms with E-state index < -0.39 is 0 Å². The minimum Gasteiger partial charge on any atom is -1.00 e. The molecule has 2 amide bonds. The zero-order valence-corrected chi connectivity index (χ0v) is 14.3. The Hall–Kier alpha value is -2.04. The van der Waals surface area contributed by atoms with Crippen LogP contribution in [0.3, 0.4) is 0 Å². The Balaban J connectivity index is 0.00000264. The smallest absolute Gasteiger partial charge is 0.315 e. The fourth-order valence-electron chi connectivity index (χ4n) is 2.23. The van der Waals surface area contributed by atoms with E-state index in [4.69, 9.17) is 0 Å². The molecular weight excluding hydrogens is 310 g/mol. The van der Waals surface area contributed by atoms with E-state index in [0.29, 0.717) is 6.54 Å². The molecule has 124 valence electrons. The van der Waals surface area contributed by atoms with E-state index in [9.17, 15) is 4.79 Å². The monoisotopic (exact) mass is 332 g/mol. The van der Waals surface area contributed by atoms with Gasteiger partial charge >= 0.3 is 6.03 Å². The first-order chi connectivity index (χ1) is 10.7. The molecule has 0 fully saturated rings. The van der Waals surface area contributed by atoms with Crippen molar-refractivity contribution in [2.24, 2.45) is 0 Å². The van der Waals surface area contributed by atoms with Gasteiger partial charge in [0.05, 0.1) is 6.04 Å². The maximum atomic E-state index is 12.1. The number of carbonyl (C=O) groups excluding carboxylic acids is 1. The highest BCUT2D eigenvalue weighted by Gasteiger charge is 2.16. The molecule has 0 unspecified atom stereocenters. The second-order valence-corrected chi connectivity index (χ2v) is 5.46. The van der Waals surface area contributed by atoms with Crippen LogP contribution in [0.5, 0.6) is 0 Å². The molecule has 2 N–H and O–H groups in total. The van der Waals surface area contributed by atoms with E-state index in [1.54, 1.807) is 0 Å². The highest BCUT2D eigenvalue weighted by Crippen LogP contribution is 2.21. The SMILES string of the molecule is CN(C)CCNC(=O)NC(c1ccccc1)c1ccccc1.[Cl-]. The lowest BCUT2D eigenvalue weighted by atomic mass is 9.99. The fraction of sp³-hybridized carbons (Fsp3) is 0.278. The number of carbonyl (C=O) groups is 1. The Bertz CT molecular complexity index is 536. The number of nitrogens with zero attached hydrogens (tertiary/aromatic N) is 1. The Morgan fingerprint density at radius 3 is 1.87 bits per heavy atom. The molecule has 5 heteroatoms. The third-order valence-corrected chi connectivity index (χ3v) is 3.39. The standard InChI is InChI=1S/C18H23N3O.ClH/c1-21(2)14-13-19-18(22)20-17(15-9-5-3-6-10-15)16-11-7-4-8-12-16;/h3-12,17H,13-14H2,1-2H3,(H2,19,20,22);1H/p-1. The Labute approximate surface area is 144 Å². The van der Waals surface area contributed by atoms with Gasteiger partial charge in [0.1, 0.15) is 0 Å². The highest BCUT2D eigenvalue weighted by atomic mass is 35.5. The third-order valence-electron chi connectivity index (χ3n) is 3.39. The van der Waals surface area contributed by atoms with Crippen molar-refractivity contribution >= 4 is 6.03 Å². The second-order valence-electron chi connectivity index (χ2n) is 5.46. The van der Waals surface area contributed by atoms with Crippen LogP contribution < -0.4 is 23.0 Å². The molecule has 0 bridgehead atoms. The summed E-state index contributed by atoms with van der Waals surface area (Å²) in [5, 5.41) is 5.95. The van der Waals surface area contributed by atoms with Gasteiger partial charge in [0.2, 0.25) is 0 Å². The van der Waals surface area contributed by atoms with E-state index in [1.165, 1.54) is 0 Å². The molecule has 0 saturated heterocycles. The maximum absolute atomic E-state index is 12.1. The minimum atomic E-state index is -0.153. The van der Waals surface area contributed by atoms with Crippen LogP contribution in [-0.2, 0) is 0 Å². The van der Waals surface area contributed by atoms with Crippen LogP contribution in [0.15, 0.2) is 60.7 Å². The topological polar surface area (TPSA) is 44.4 Å². The summed E-state index contributed by atoms with van der Waals surface area (Å²) in [6.45, 7) is 1.43. The quantitative estimate of drug-likeness (QED) is 0.759. The average molecular weight is 333 g/mol. The van der Waals surface area contributed by atoms with Gasteiger partial charge in [-0.1, -0.05) is 60.7 Å². The Morgan fingerprint density at radius 1 is 0.957 bits per heavy atom. The van der Waals surface area contributed by atoms with Gasteiger partial charge in [-0.05, 0) is 25.2 Å². The van der Waals surface area contributed by atoms with Gasteiger partial charge in [-0.2, -0.15) is 0 Å². The molecule has 0 aromatic heterocycles. The van der Waals surface area contributed by atoms with E-state index in [1.807, 2.05) is 79.7 Å².